The third-order valence-electron chi connectivity index (χ3n) is 3.22. The maximum atomic E-state index is 13.2. The Balaban J connectivity index is 2.38. The minimum absolute atomic E-state index is 0.0920. The minimum Gasteiger partial charge on any atom is -0.396 e. The van der Waals surface area contributed by atoms with Gasteiger partial charge in [-0.05, 0) is 25.5 Å². The van der Waals surface area contributed by atoms with Crippen molar-refractivity contribution in [1.82, 2.24) is 4.72 Å². The first kappa shape index (κ1) is 16.5. The lowest BCUT2D eigenvalue weighted by Crippen LogP contribution is -2.46. The third kappa shape index (κ3) is 3.47. The lowest BCUT2D eigenvalue weighted by Gasteiger charge is -2.24. The van der Waals surface area contributed by atoms with E-state index in [4.69, 9.17) is 17.3 Å². The number of anilines is 1. The van der Waals surface area contributed by atoms with Crippen molar-refractivity contribution in [3.8, 4) is 0 Å². The molecule has 1 aromatic carbocycles. The molecule has 0 aromatic heterocycles. The molecule has 1 aliphatic heterocycles. The van der Waals surface area contributed by atoms with Crippen LogP contribution in [0.3, 0.4) is 0 Å². The van der Waals surface area contributed by atoms with Crippen molar-refractivity contribution < 1.29 is 21.2 Å². The topological polar surface area (TPSA) is 106 Å². The van der Waals surface area contributed by atoms with Crippen molar-refractivity contribution in [3.63, 3.8) is 0 Å². The summed E-state index contributed by atoms with van der Waals surface area (Å²) >= 11 is 5.74. The standard InChI is InChI=1S/C11H14ClFN2O4S2/c1-11(2-3-20(16,17)6-11)15-21(18,19)10-5-9(14)8(13)4-7(10)12/h4-5,15H,2-3,6,14H2,1H3. The highest BCUT2D eigenvalue weighted by Gasteiger charge is 2.41. The molecule has 0 spiro atoms. The Morgan fingerprint density at radius 1 is 1.43 bits per heavy atom. The van der Waals surface area contributed by atoms with E-state index in [1.807, 2.05) is 0 Å². The molecule has 6 nitrogen and oxygen atoms in total. The fraction of sp³-hybridized carbons (Fsp3) is 0.455. The Morgan fingerprint density at radius 3 is 2.57 bits per heavy atom. The average Bonchev–Trinajstić information content (AvgIpc) is 2.56. The predicted octanol–water partition coefficient (Wildman–Crippen LogP) is 0.917. The molecule has 3 N–H and O–H groups in total. The Hall–Kier alpha value is -0.900. The van der Waals surface area contributed by atoms with Crippen LogP contribution in [0.25, 0.3) is 0 Å². The fourth-order valence-electron chi connectivity index (χ4n) is 2.22. The molecule has 1 aromatic rings. The van der Waals surface area contributed by atoms with E-state index in [1.165, 1.54) is 6.92 Å². The van der Waals surface area contributed by atoms with E-state index in [9.17, 15) is 21.2 Å². The molecule has 2 rings (SSSR count). The van der Waals surface area contributed by atoms with Crippen LogP contribution in [0.2, 0.25) is 5.02 Å². The van der Waals surface area contributed by atoms with Gasteiger partial charge in [-0.2, -0.15) is 0 Å². The number of halogens is 2. The van der Waals surface area contributed by atoms with Gasteiger partial charge in [-0.3, -0.25) is 0 Å². The first-order chi connectivity index (χ1) is 9.44. The van der Waals surface area contributed by atoms with Crippen LogP contribution >= 0.6 is 11.6 Å². The lowest BCUT2D eigenvalue weighted by molar-refractivity contribution is 0.462. The Bertz CT molecular complexity index is 795. The highest BCUT2D eigenvalue weighted by Crippen LogP contribution is 2.30. The SMILES string of the molecule is CC1(NS(=O)(=O)c2cc(N)c(F)cc2Cl)CCS(=O)(=O)C1. The summed E-state index contributed by atoms with van der Waals surface area (Å²) in [6, 6.07) is 1.71. The zero-order valence-electron chi connectivity index (χ0n) is 11.1. The van der Waals surface area contributed by atoms with Crippen molar-refractivity contribution in [3.05, 3.63) is 23.0 Å². The number of hydrogen-bond donors (Lipinski definition) is 2. The molecule has 1 heterocycles. The molecule has 0 bridgehead atoms. The molecule has 10 heteroatoms. The molecule has 0 saturated carbocycles. The van der Waals surface area contributed by atoms with Crippen molar-refractivity contribution >= 4 is 37.1 Å². The number of hydrogen-bond acceptors (Lipinski definition) is 5. The van der Waals surface area contributed by atoms with Gasteiger partial charge >= 0.3 is 0 Å². The molecule has 1 fully saturated rings. The molecule has 118 valence electrons. The number of benzene rings is 1. The lowest BCUT2D eigenvalue weighted by atomic mass is 10.0. The monoisotopic (exact) mass is 356 g/mol. The molecule has 1 aliphatic rings. The quantitative estimate of drug-likeness (QED) is 0.783. The molecular formula is C11H14ClFN2O4S2. The van der Waals surface area contributed by atoms with Crippen molar-refractivity contribution in [1.29, 1.82) is 0 Å². The van der Waals surface area contributed by atoms with Crippen LogP contribution in [-0.2, 0) is 19.9 Å². The Labute approximate surface area is 127 Å². The summed E-state index contributed by atoms with van der Waals surface area (Å²) in [5.41, 5.74) is 3.87. The molecule has 1 unspecified atom stereocenters. The maximum absolute atomic E-state index is 13.2. The van der Waals surface area contributed by atoms with Crippen molar-refractivity contribution in [2.45, 2.75) is 23.8 Å². The molecule has 1 saturated heterocycles. The van der Waals surface area contributed by atoms with Crippen LogP contribution < -0.4 is 10.5 Å². The highest BCUT2D eigenvalue weighted by atomic mass is 35.5. The van der Waals surface area contributed by atoms with Crippen LogP contribution in [0.4, 0.5) is 10.1 Å². The maximum Gasteiger partial charge on any atom is 0.242 e. The largest absolute Gasteiger partial charge is 0.396 e. The number of nitrogens with one attached hydrogen (secondary N) is 1. The molecule has 0 radical (unpaired) electrons. The van der Waals surface area contributed by atoms with E-state index in [1.54, 1.807) is 0 Å². The number of sulfonamides is 1. The van der Waals surface area contributed by atoms with Crippen LogP contribution in [0, 0.1) is 5.82 Å². The smallest absolute Gasteiger partial charge is 0.242 e. The summed E-state index contributed by atoms with van der Waals surface area (Å²) in [6.07, 6.45) is 0.156. The molecule has 21 heavy (non-hydrogen) atoms. The first-order valence-electron chi connectivity index (χ1n) is 5.93. The number of sulfone groups is 1. The van der Waals surface area contributed by atoms with E-state index < -0.39 is 31.2 Å². The van der Waals surface area contributed by atoms with Gasteiger partial charge in [0.15, 0.2) is 9.84 Å². The summed E-state index contributed by atoms with van der Waals surface area (Å²) in [6.45, 7) is 1.50. The first-order valence-corrected chi connectivity index (χ1v) is 9.61. The van der Waals surface area contributed by atoms with Gasteiger partial charge in [-0.25, -0.2) is 25.9 Å². The second kappa shape index (κ2) is 5.08. The second-order valence-electron chi connectivity index (χ2n) is 5.31. The second-order valence-corrected chi connectivity index (χ2v) is 9.55. The van der Waals surface area contributed by atoms with Gasteiger partial charge in [-0.15, -0.1) is 0 Å². The van der Waals surface area contributed by atoms with Gasteiger partial charge < -0.3 is 5.73 Å². The van der Waals surface area contributed by atoms with Crippen molar-refractivity contribution in [2.24, 2.45) is 0 Å². The zero-order valence-corrected chi connectivity index (χ0v) is 13.4. The van der Waals surface area contributed by atoms with Crippen LogP contribution in [0.1, 0.15) is 13.3 Å². The average molecular weight is 357 g/mol. The van der Waals surface area contributed by atoms with Crippen LogP contribution in [0.15, 0.2) is 17.0 Å². The van der Waals surface area contributed by atoms with E-state index >= 15 is 0 Å². The number of nitrogen functional groups attached to an aromatic ring is 1. The number of nitrogens with two attached hydrogens (primary N) is 1. The normalized spacial score (nSPS) is 25.1. The van der Waals surface area contributed by atoms with Crippen LogP contribution in [0.5, 0.6) is 0 Å². The predicted molar refractivity (Wildman–Crippen MR) is 77.8 cm³/mol. The summed E-state index contributed by atoms with van der Waals surface area (Å²) < 4.78 is 63.2. The van der Waals surface area contributed by atoms with Crippen molar-refractivity contribution in [2.75, 3.05) is 17.2 Å². The summed E-state index contributed by atoms with van der Waals surface area (Å²) in [5, 5.41) is -0.321. The minimum atomic E-state index is -4.12. The van der Waals surface area contributed by atoms with Gasteiger partial charge in [0.1, 0.15) is 10.7 Å². The molecule has 0 amide bonds. The van der Waals surface area contributed by atoms with E-state index in [0.717, 1.165) is 12.1 Å². The zero-order chi connectivity index (χ0) is 16.1. The van der Waals surface area contributed by atoms with Gasteiger partial charge in [-0.1, -0.05) is 11.6 Å². The molecular weight excluding hydrogens is 343 g/mol. The Morgan fingerprint density at radius 2 is 2.05 bits per heavy atom. The van der Waals surface area contributed by atoms with Gasteiger partial charge in [0.05, 0.1) is 22.2 Å². The molecule has 1 atom stereocenters. The van der Waals surface area contributed by atoms with Gasteiger partial charge in [0.2, 0.25) is 10.0 Å². The Kier molecular flexibility index (Phi) is 3.98. The van der Waals surface area contributed by atoms with Gasteiger partial charge in [0.25, 0.3) is 0 Å². The summed E-state index contributed by atoms with van der Waals surface area (Å²) in [4.78, 5) is -0.381. The van der Waals surface area contributed by atoms with E-state index in [2.05, 4.69) is 4.72 Å². The summed E-state index contributed by atoms with van der Waals surface area (Å²) in [5.74, 6) is -1.22. The van der Waals surface area contributed by atoms with E-state index in [0.29, 0.717) is 0 Å². The van der Waals surface area contributed by atoms with Gasteiger partial charge in [0, 0.05) is 5.54 Å². The fourth-order valence-corrected chi connectivity index (χ4v) is 6.39. The third-order valence-corrected chi connectivity index (χ3v) is 7.23. The van der Waals surface area contributed by atoms with Crippen LogP contribution in [-0.4, -0.2) is 33.9 Å². The number of rotatable bonds is 3. The molecule has 0 aliphatic carbocycles. The van der Waals surface area contributed by atoms with E-state index in [-0.39, 0.29) is 33.5 Å². The summed E-state index contributed by atoms with van der Waals surface area (Å²) in [7, 11) is -7.39. The highest BCUT2D eigenvalue weighted by molar-refractivity contribution is 7.92.